The zero-order valence-electron chi connectivity index (χ0n) is 11.9. The quantitative estimate of drug-likeness (QED) is 0.665. The van der Waals surface area contributed by atoms with Crippen LogP contribution in [0.1, 0.15) is 28.5 Å². The predicted octanol–water partition coefficient (Wildman–Crippen LogP) is 2.18. The second-order valence-corrected chi connectivity index (χ2v) is 5.33. The maximum absolute atomic E-state index is 11.8. The first-order valence-corrected chi connectivity index (χ1v) is 7.25. The van der Waals surface area contributed by atoms with Gasteiger partial charge in [0.1, 0.15) is 17.4 Å². The van der Waals surface area contributed by atoms with E-state index < -0.39 is 0 Å². The molecule has 0 aliphatic heterocycles. The first-order chi connectivity index (χ1) is 10.5. The molecule has 0 aliphatic rings. The van der Waals surface area contributed by atoms with Crippen molar-refractivity contribution in [1.82, 2.24) is 10.1 Å². The van der Waals surface area contributed by atoms with Gasteiger partial charge in [0.25, 0.3) is 0 Å². The summed E-state index contributed by atoms with van der Waals surface area (Å²) in [5.74, 6) is -0.0604. The number of pyridine rings is 1. The SMILES string of the molecule is CC(=O)c1cc(C#N)c(SCC(=O)Nc2ccon2)nc1C. The summed E-state index contributed by atoms with van der Waals surface area (Å²) in [6.07, 6.45) is 1.35. The third-order valence-electron chi connectivity index (χ3n) is 2.72. The smallest absolute Gasteiger partial charge is 0.236 e. The van der Waals surface area contributed by atoms with E-state index in [2.05, 4.69) is 20.0 Å². The highest BCUT2D eigenvalue weighted by molar-refractivity contribution is 8.00. The summed E-state index contributed by atoms with van der Waals surface area (Å²) in [6.45, 7) is 3.11. The van der Waals surface area contributed by atoms with Gasteiger partial charge >= 0.3 is 0 Å². The number of hydrogen-bond donors (Lipinski definition) is 1. The van der Waals surface area contributed by atoms with Crippen LogP contribution in [0.25, 0.3) is 0 Å². The molecule has 2 aromatic rings. The lowest BCUT2D eigenvalue weighted by atomic mass is 10.1. The Balaban J connectivity index is 2.09. The van der Waals surface area contributed by atoms with Crippen molar-refractivity contribution in [3.63, 3.8) is 0 Å². The summed E-state index contributed by atoms with van der Waals surface area (Å²) in [5, 5.41) is 15.7. The van der Waals surface area contributed by atoms with Crippen molar-refractivity contribution < 1.29 is 14.1 Å². The molecule has 0 spiro atoms. The number of ketones is 1. The third kappa shape index (κ3) is 3.71. The van der Waals surface area contributed by atoms with E-state index in [1.54, 1.807) is 6.92 Å². The number of aryl methyl sites for hydroxylation is 1. The Labute approximate surface area is 130 Å². The molecule has 112 valence electrons. The molecule has 2 heterocycles. The van der Waals surface area contributed by atoms with Gasteiger partial charge in [-0.25, -0.2) is 4.98 Å². The second-order valence-electron chi connectivity index (χ2n) is 4.36. The molecule has 0 bridgehead atoms. The highest BCUT2D eigenvalue weighted by Gasteiger charge is 2.14. The molecule has 2 rings (SSSR count). The number of carbonyl (C=O) groups is 2. The summed E-state index contributed by atoms with van der Waals surface area (Å²) in [5.41, 5.74) is 1.22. The van der Waals surface area contributed by atoms with E-state index >= 15 is 0 Å². The van der Waals surface area contributed by atoms with Gasteiger partial charge in [0, 0.05) is 17.3 Å². The number of amides is 1. The number of Topliss-reactive ketones (excluding diaryl/α,β-unsaturated/α-hetero) is 1. The second kappa shape index (κ2) is 6.87. The van der Waals surface area contributed by atoms with Crippen LogP contribution < -0.4 is 5.32 Å². The number of aromatic nitrogens is 2. The molecule has 0 atom stereocenters. The van der Waals surface area contributed by atoms with Gasteiger partial charge in [-0.05, 0) is 19.9 Å². The fraction of sp³-hybridized carbons (Fsp3) is 0.214. The van der Waals surface area contributed by atoms with Crippen LogP contribution in [0.15, 0.2) is 27.9 Å². The first-order valence-electron chi connectivity index (χ1n) is 6.27. The first kappa shape index (κ1) is 15.7. The van der Waals surface area contributed by atoms with Crippen LogP contribution in [0.2, 0.25) is 0 Å². The van der Waals surface area contributed by atoms with E-state index in [0.717, 1.165) is 11.8 Å². The van der Waals surface area contributed by atoms with Gasteiger partial charge in [0.2, 0.25) is 5.91 Å². The Morgan fingerprint density at radius 1 is 1.50 bits per heavy atom. The van der Waals surface area contributed by atoms with Gasteiger partial charge in [-0.15, -0.1) is 0 Å². The fourth-order valence-corrected chi connectivity index (χ4v) is 2.52. The lowest BCUT2D eigenvalue weighted by Crippen LogP contribution is -2.14. The van der Waals surface area contributed by atoms with Gasteiger partial charge in [0.15, 0.2) is 11.6 Å². The van der Waals surface area contributed by atoms with Crippen molar-refractivity contribution in [1.29, 1.82) is 5.26 Å². The molecule has 7 nitrogen and oxygen atoms in total. The topological polar surface area (TPSA) is 109 Å². The summed E-state index contributed by atoms with van der Waals surface area (Å²) in [6, 6.07) is 5.02. The molecule has 1 amide bonds. The minimum atomic E-state index is -0.294. The van der Waals surface area contributed by atoms with Crippen LogP contribution in [-0.4, -0.2) is 27.6 Å². The third-order valence-corrected chi connectivity index (χ3v) is 3.71. The number of rotatable bonds is 5. The van der Waals surface area contributed by atoms with Crippen molar-refractivity contribution in [2.75, 3.05) is 11.1 Å². The van der Waals surface area contributed by atoms with E-state index in [1.807, 2.05) is 6.07 Å². The highest BCUT2D eigenvalue weighted by Crippen LogP contribution is 2.23. The highest BCUT2D eigenvalue weighted by atomic mass is 32.2. The summed E-state index contributed by atoms with van der Waals surface area (Å²) in [7, 11) is 0. The van der Waals surface area contributed by atoms with Crippen molar-refractivity contribution in [3.8, 4) is 6.07 Å². The Bertz CT molecular complexity index is 750. The van der Waals surface area contributed by atoms with Crippen LogP contribution >= 0.6 is 11.8 Å². The number of thioether (sulfide) groups is 1. The maximum atomic E-state index is 11.8. The molecular weight excluding hydrogens is 304 g/mol. The Kier molecular flexibility index (Phi) is 4.91. The minimum absolute atomic E-state index is 0.0629. The lowest BCUT2D eigenvalue weighted by Gasteiger charge is -2.07. The van der Waals surface area contributed by atoms with Crippen LogP contribution in [0.5, 0.6) is 0 Å². The van der Waals surface area contributed by atoms with Crippen molar-refractivity contribution in [2.45, 2.75) is 18.9 Å². The number of hydrogen-bond acceptors (Lipinski definition) is 7. The van der Waals surface area contributed by atoms with Gasteiger partial charge < -0.3 is 9.84 Å². The molecule has 0 radical (unpaired) electrons. The molecule has 2 aromatic heterocycles. The van der Waals surface area contributed by atoms with Crippen molar-refractivity contribution >= 4 is 29.3 Å². The van der Waals surface area contributed by atoms with Gasteiger partial charge in [0.05, 0.1) is 11.3 Å². The summed E-state index contributed by atoms with van der Waals surface area (Å²) in [4.78, 5) is 27.5. The molecule has 0 fully saturated rings. The molecule has 22 heavy (non-hydrogen) atoms. The van der Waals surface area contributed by atoms with Gasteiger partial charge in [-0.2, -0.15) is 5.26 Å². The Hall–Kier alpha value is -2.66. The van der Waals surface area contributed by atoms with Crippen LogP contribution in [0.3, 0.4) is 0 Å². The molecule has 0 aliphatic carbocycles. The zero-order valence-corrected chi connectivity index (χ0v) is 12.7. The zero-order chi connectivity index (χ0) is 16.1. The number of nitrogens with one attached hydrogen (secondary N) is 1. The largest absolute Gasteiger partial charge is 0.363 e. The number of nitriles is 1. The number of anilines is 1. The normalized spacial score (nSPS) is 10.0. The van der Waals surface area contributed by atoms with E-state index in [0.29, 0.717) is 22.1 Å². The average molecular weight is 316 g/mol. The molecule has 1 N–H and O–H groups in total. The molecule has 0 saturated heterocycles. The summed E-state index contributed by atoms with van der Waals surface area (Å²) >= 11 is 1.12. The fourth-order valence-electron chi connectivity index (χ4n) is 1.72. The van der Waals surface area contributed by atoms with Gasteiger partial charge in [-0.1, -0.05) is 16.9 Å². The van der Waals surface area contributed by atoms with E-state index in [1.165, 1.54) is 25.3 Å². The lowest BCUT2D eigenvalue weighted by molar-refractivity contribution is -0.113. The van der Waals surface area contributed by atoms with E-state index in [4.69, 9.17) is 5.26 Å². The molecule has 0 aromatic carbocycles. The monoisotopic (exact) mass is 316 g/mol. The maximum Gasteiger partial charge on any atom is 0.236 e. The van der Waals surface area contributed by atoms with Gasteiger partial charge in [-0.3, -0.25) is 9.59 Å². The average Bonchev–Trinajstić information content (AvgIpc) is 2.97. The number of carbonyl (C=O) groups excluding carboxylic acids is 2. The molecule has 0 unspecified atom stereocenters. The van der Waals surface area contributed by atoms with Crippen LogP contribution in [0, 0.1) is 18.3 Å². The van der Waals surface area contributed by atoms with Crippen molar-refractivity contribution in [2.24, 2.45) is 0 Å². The van der Waals surface area contributed by atoms with E-state index in [9.17, 15) is 9.59 Å². The standard InChI is InChI=1S/C14H12N4O3S/c1-8-11(9(2)19)5-10(6-15)14(16-8)22-7-13(20)17-12-3-4-21-18-12/h3-5H,7H2,1-2H3,(H,17,18,20). The van der Waals surface area contributed by atoms with Crippen molar-refractivity contribution in [3.05, 3.63) is 35.2 Å². The predicted molar refractivity (Wildman–Crippen MR) is 79.6 cm³/mol. The molecule has 0 saturated carbocycles. The molecule has 8 heteroatoms. The Morgan fingerprint density at radius 2 is 2.27 bits per heavy atom. The molecular formula is C14H12N4O3S. The number of nitrogens with zero attached hydrogens (tertiary/aromatic N) is 3. The minimum Gasteiger partial charge on any atom is -0.363 e. The summed E-state index contributed by atoms with van der Waals surface area (Å²) < 4.78 is 4.61. The van der Waals surface area contributed by atoms with Crippen LogP contribution in [-0.2, 0) is 4.79 Å². The Morgan fingerprint density at radius 3 is 2.86 bits per heavy atom. The van der Waals surface area contributed by atoms with E-state index in [-0.39, 0.29) is 23.0 Å². The van der Waals surface area contributed by atoms with Crippen LogP contribution in [0.4, 0.5) is 5.82 Å².